The van der Waals surface area contributed by atoms with Crippen LogP contribution in [0.15, 0.2) is 97.1 Å². The lowest BCUT2D eigenvalue weighted by molar-refractivity contribution is -0.0237. The van der Waals surface area contributed by atoms with E-state index in [1.54, 1.807) is 24.3 Å². The standard InChI is InChI=1S/C34H38O6/c1-25(27-3-7-29(8-4-27)31-11-15-33(35)16-12-31)39-23-21-37-19-20-38-22-24-40-26(2)28-5-9-30(10-6-28)32-13-17-34(36)18-14-32/h3-18,25-26,35-36H,19-24H2,1-2H3. The first-order chi connectivity index (χ1) is 19.5. The van der Waals surface area contributed by atoms with Gasteiger partial charge in [0.25, 0.3) is 0 Å². The van der Waals surface area contributed by atoms with Gasteiger partial charge in [-0.25, -0.2) is 0 Å². The first-order valence-electron chi connectivity index (χ1n) is 13.7. The molecule has 4 aromatic rings. The predicted octanol–water partition coefficient (Wildman–Crippen LogP) is 7.32. The third-order valence-electron chi connectivity index (χ3n) is 6.72. The molecule has 210 valence electrons. The van der Waals surface area contributed by atoms with Crippen LogP contribution >= 0.6 is 0 Å². The van der Waals surface area contributed by atoms with Crippen molar-refractivity contribution in [3.05, 3.63) is 108 Å². The van der Waals surface area contributed by atoms with Crippen molar-refractivity contribution >= 4 is 0 Å². The topological polar surface area (TPSA) is 77.4 Å². The number of phenols is 2. The molecule has 6 heteroatoms. The largest absolute Gasteiger partial charge is 0.508 e. The lowest BCUT2D eigenvalue weighted by Crippen LogP contribution is -2.13. The number of aromatic hydroxyl groups is 2. The molecule has 0 aliphatic carbocycles. The van der Waals surface area contributed by atoms with Crippen molar-refractivity contribution in [2.45, 2.75) is 26.1 Å². The van der Waals surface area contributed by atoms with E-state index in [4.69, 9.17) is 18.9 Å². The van der Waals surface area contributed by atoms with E-state index in [1.807, 2.05) is 38.1 Å². The molecule has 6 nitrogen and oxygen atoms in total. The normalized spacial score (nSPS) is 12.8. The lowest BCUT2D eigenvalue weighted by Gasteiger charge is -2.15. The molecule has 0 aliphatic rings. The zero-order valence-corrected chi connectivity index (χ0v) is 23.2. The van der Waals surface area contributed by atoms with Gasteiger partial charge in [0, 0.05) is 0 Å². The minimum atomic E-state index is -0.0307. The molecule has 4 rings (SSSR count). The maximum Gasteiger partial charge on any atom is 0.115 e. The van der Waals surface area contributed by atoms with Crippen LogP contribution in [-0.4, -0.2) is 49.9 Å². The molecule has 0 radical (unpaired) electrons. The lowest BCUT2D eigenvalue weighted by atomic mass is 10.0. The average Bonchev–Trinajstić information content (AvgIpc) is 2.99. The third-order valence-corrected chi connectivity index (χ3v) is 6.72. The summed E-state index contributed by atoms with van der Waals surface area (Å²) in [5.41, 5.74) is 6.53. The highest BCUT2D eigenvalue weighted by molar-refractivity contribution is 5.65. The second-order valence-corrected chi connectivity index (χ2v) is 9.59. The molecule has 4 aromatic carbocycles. The molecule has 0 bridgehead atoms. The van der Waals surface area contributed by atoms with Crippen LogP contribution in [0.25, 0.3) is 22.3 Å². The van der Waals surface area contributed by atoms with Gasteiger partial charge in [0.1, 0.15) is 11.5 Å². The van der Waals surface area contributed by atoms with Crippen LogP contribution in [0, 0.1) is 0 Å². The monoisotopic (exact) mass is 542 g/mol. The molecular formula is C34H38O6. The van der Waals surface area contributed by atoms with Gasteiger partial charge >= 0.3 is 0 Å². The van der Waals surface area contributed by atoms with E-state index in [1.165, 1.54) is 0 Å². The number of hydrogen-bond acceptors (Lipinski definition) is 6. The molecule has 40 heavy (non-hydrogen) atoms. The average molecular weight is 543 g/mol. The molecule has 0 saturated heterocycles. The van der Waals surface area contributed by atoms with Crippen molar-refractivity contribution in [3.63, 3.8) is 0 Å². The van der Waals surface area contributed by atoms with Gasteiger partial charge in [-0.3, -0.25) is 0 Å². The second kappa shape index (κ2) is 15.2. The van der Waals surface area contributed by atoms with Crippen molar-refractivity contribution in [1.29, 1.82) is 0 Å². The first kappa shape index (κ1) is 29.3. The Kier molecular flexibility index (Phi) is 11.1. The Morgan fingerprint density at radius 1 is 0.425 bits per heavy atom. The molecule has 0 heterocycles. The Labute approximate surface area is 236 Å². The van der Waals surface area contributed by atoms with Crippen LogP contribution in [0.4, 0.5) is 0 Å². The summed E-state index contributed by atoms with van der Waals surface area (Å²) in [6, 6.07) is 30.9. The van der Waals surface area contributed by atoms with Gasteiger partial charge in [0.15, 0.2) is 0 Å². The SMILES string of the molecule is CC(OCCOCCOCCOC(C)c1ccc(-c2ccc(O)cc2)cc1)c1ccc(-c2ccc(O)cc2)cc1. The highest BCUT2D eigenvalue weighted by Crippen LogP contribution is 2.26. The van der Waals surface area contributed by atoms with Gasteiger partial charge in [-0.15, -0.1) is 0 Å². The Morgan fingerprint density at radius 2 is 0.700 bits per heavy atom. The second-order valence-electron chi connectivity index (χ2n) is 9.59. The zero-order valence-electron chi connectivity index (χ0n) is 23.2. The van der Waals surface area contributed by atoms with E-state index < -0.39 is 0 Å². The van der Waals surface area contributed by atoms with Crippen LogP contribution < -0.4 is 0 Å². The summed E-state index contributed by atoms with van der Waals surface area (Å²) in [4.78, 5) is 0. The Hall–Kier alpha value is -3.68. The fourth-order valence-electron chi connectivity index (χ4n) is 4.28. The molecule has 2 atom stereocenters. The number of ether oxygens (including phenoxy) is 4. The van der Waals surface area contributed by atoms with Crippen molar-refractivity contribution in [1.82, 2.24) is 0 Å². The highest BCUT2D eigenvalue weighted by Gasteiger charge is 2.08. The van der Waals surface area contributed by atoms with Crippen LogP contribution in [0.2, 0.25) is 0 Å². The highest BCUT2D eigenvalue weighted by atomic mass is 16.6. The van der Waals surface area contributed by atoms with Gasteiger partial charge in [0.2, 0.25) is 0 Å². The Bertz CT molecular complexity index is 1170. The summed E-state index contributed by atoms with van der Waals surface area (Å²) in [6.45, 7) is 7.11. The maximum absolute atomic E-state index is 9.45. The molecule has 0 spiro atoms. The maximum atomic E-state index is 9.45. The predicted molar refractivity (Wildman–Crippen MR) is 157 cm³/mol. The third kappa shape index (κ3) is 8.93. The summed E-state index contributed by atoms with van der Waals surface area (Å²) in [7, 11) is 0. The molecule has 0 aliphatic heterocycles. The van der Waals surface area contributed by atoms with Crippen molar-refractivity contribution < 1.29 is 29.2 Å². The van der Waals surface area contributed by atoms with Crippen LogP contribution in [0.5, 0.6) is 11.5 Å². The Balaban J connectivity index is 1.03. The fourth-order valence-corrected chi connectivity index (χ4v) is 4.28. The van der Waals surface area contributed by atoms with E-state index in [9.17, 15) is 10.2 Å². The molecule has 2 N–H and O–H groups in total. The van der Waals surface area contributed by atoms with E-state index in [2.05, 4.69) is 48.5 Å². The van der Waals surface area contributed by atoms with Gasteiger partial charge < -0.3 is 29.2 Å². The van der Waals surface area contributed by atoms with Crippen molar-refractivity contribution in [2.75, 3.05) is 39.6 Å². The van der Waals surface area contributed by atoms with Gasteiger partial charge in [-0.2, -0.15) is 0 Å². The minimum absolute atomic E-state index is 0.0307. The summed E-state index contributed by atoms with van der Waals surface area (Å²) >= 11 is 0. The smallest absolute Gasteiger partial charge is 0.115 e. The van der Waals surface area contributed by atoms with Crippen LogP contribution in [0.3, 0.4) is 0 Å². The molecule has 0 saturated carbocycles. The number of hydrogen-bond donors (Lipinski definition) is 2. The number of rotatable bonds is 15. The molecule has 0 amide bonds. The van der Waals surface area contributed by atoms with Crippen molar-refractivity contribution in [2.24, 2.45) is 0 Å². The van der Waals surface area contributed by atoms with E-state index in [0.717, 1.165) is 33.4 Å². The molecular weight excluding hydrogens is 504 g/mol. The van der Waals surface area contributed by atoms with E-state index in [-0.39, 0.29) is 23.7 Å². The molecule has 0 fully saturated rings. The molecule has 0 aromatic heterocycles. The Morgan fingerprint density at radius 3 is 1.02 bits per heavy atom. The van der Waals surface area contributed by atoms with E-state index >= 15 is 0 Å². The zero-order chi connectivity index (χ0) is 28.2. The number of phenolic OH excluding ortho intramolecular Hbond substituents is 2. The first-order valence-corrected chi connectivity index (χ1v) is 13.7. The summed E-state index contributed by atoms with van der Waals surface area (Å²) < 4.78 is 23.1. The summed E-state index contributed by atoms with van der Waals surface area (Å²) in [5.74, 6) is 0.531. The fraction of sp³-hybridized carbons (Fsp3) is 0.294. The number of benzene rings is 4. The van der Waals surface area contributed by atoms with E-state index in [0.29, 0.717) is 39.6 Å². The quantitative estimate of drug-likeness (QED) is 0.153. The minimum Gasteiger partial charge on any atom is -0.508 e. The van der Waals surface area contributed by atoms with Gasteiger partial charge in [-0.05, 0) is 71.5 Å². The van der Waals surface area contributed by atoms with Gasteiger partial charge in [-0.1, -0.05) is 72.8 Å². The molecule has 2 unspecified atom stereocenters. The van der Waals surface area contributed by atoms with Crippen LogP contribution in [0.1, 0.15) is 37.2 Å². The van der Waals surface area contributed by atoms with Crippen LogP contribution in [-0.2, 0) is 18.9 Å². The van der Waals surface area contributed by atoms with Crippen molar-refractivity contribution in [3.8, 4) is 33.8 Å². The summed E-state index contributed by atoms with van der Waals surface area (Å²) in [6.07, 6.45) is -0.0614. The van der Waals surface area contributed by atoms with Gasteiger partial charge in [0.05, 0.1) is 51.8 Å². The summed E-state index contributed by atoms with van der Waals surface area (Å²) in [5, 5.41) is 18.9.